The van der Waals surface area contributed by atoms with Gasteiger partial charge in [0.25, 0.3) is 0 Å². The molecule has 104 valence electrons. The van der Waals surface area contributed by atoms with Gasteiger partial charge in [-0.3, -0.25) is 9.62 Å². The Labute approximate surface area is 109 Å². The first-order chi connectivity index (χ1) is 8.46. The van der Waals surface area contributed by atoms with E-state index < -0.39 is 10.0 Å². The molecule has 0 unspecified atom stereocenters. The third-order valence-corrected chi connectivity index (χ3v) is 4.24. The predicted molar refractivity (Wildman–Crippen MR) is 71.5 cm³/mol. The Morgan fingerprint density at radius 2 is 2.11 bits per heavy atom. The van der Waals surface area contributed by atoms with Crippen LogP contribution in [0, 0.1) is 5.92 Å². The van der Waals surface area contributed by atoms with Gasteiger partial charge in [-0.15, -0.1) is 0 Å². The van der Waals surface area contributed by atoms with Gasteiger partial charge in [0.05, 0.1) is 19.6 Å². The molecule has 0 radical (unpaired) electrons. The van der Waals surface area contributed by atoms with Crippen LogP contribution in [-0.4, -0.2) is 44.9 Å². The first kappa shape index (κ1) is 13.6. The van der Waals surface area contributed by atoms with Gasteiger partial charge in [-0.2, -0.15) is 0 Å². The van der Waals surface area contributed by atoms with Gasteiger partial charge >= 0.3 is 0 Å². The highest BCUT2D eigenvalue weighted by molar-refractivity contribution is 7.89. The molecule has 1 aliphatic carbocycles. The number of nitrogens with one attached hydrogen (secondary N) is 2. The normalized spacial score (nSPS) is 30.4. The highest BCUT2D eigenvalue weighted by Gasteiger charge is 2.28. The van der Waals surface area contributed by atoms with Crippen molar-refractivity contribution in [1.29, 1.82) is 0 Å². The molecule has 0 spiro atoms. The van der Waals surface area contributed by atoms with Crippen molar-refractivity contribution in [2.24, 2.45) is 10.9 Å². The van der Waals surface area contributed by atoms with E-state index in [4.69, 9.17) is 0 Å². The lowest BCUT2D eigenvalue weighted by Crippen LogP contribution is -2.54. The first-order valence-electron chi connectivity index (χ1n) is 6.46. The molecule has 2 aliphatic rings. The second-order valence-electron chi connectivity index (χ2n) is 5.28. The van der Waals surface area contributed by atoms with E-state index in [9.17, 15) is 8.42 Å². The Hall–Kier alpha value is -0.820. The van der Waals surface area contributed by atoms with Crippen LogP contribution >= 0.6 is 0 Å². The Morgan fingerprint density at radius 1 is 1.39 bits per heavy atom. The average Bonchev–Trinajstić information content (AvgIpc) is 2.29. The zero-order valence-corrected chi connectivity index (χ0v) is 11.8. The molecule has 6 nitrogen and oxygen atoms in total. The summed E-state index contributed by atoms with van der Waals surface area (Å²) in [6, 6.07) is 0.565. The molecule has 18 heavy (non-hydrogen) atoms. The number of aliphatic imine (C=N–C) groups is 1. The minimum absolute atomic E-state index is 0.359. The van der Waals surface area contributed by atoms with Gasteiger partial charge in [-0.25, -0.2) is 13.4 Å². The van der Waals surface area contributed by atoms with Gasteiger partial charge in [0.2, 0.25) is 16.0 Å². The van der Waals surface area contributed by atoms with Crippen LogP contribution in [0.3, 0.4) is 0 Å². The Balaban J connectivity index is 1.92. The van der Waals surface area contributed by atoms with Gasteiger partial charge in [-0.05, 0) is 18.8 Å². The molecular weight excluding hydrogens is 252 g/mol. The summed E-state index contributed by atoms with van der Waals surface area (Å²) in [7, 11) is -3.24. The first-order valence-corrected chi connectivity index (χ1v) is 8.35. The highest BCUT2D eigenvalue weighted by atomic mass is 32.2. The van der Waals surface area contributed by atoms with E-state index in [1.807, 2.05) is 0 Å². The van der Waals surface area contributed by atoms with Crippen LogP contribution in [0.5, 0.6) is 0 Å². The molecular formula is C11H22N4O2S. The smallest absolute Gasteiger partial charge is 0.232 e. The lowest BCUT2D eigenvalue weighted by atomic mass is 9.85. The molecule has 1 saturated carbocycles. The van der Waals surface area contributed by atoms with Crippen molar-refractivity contribution >= 4 is 16.0 Å². The molecule has 0 amide bonds. The van der Waals surface area contributed by atoms with Crippen molar-refractivity contribution in [3.05, 3.63) is 0 Å². The van der Waals surface area contributed by atoms with Crippen molar-refractivity contribution in [2.45, 2.75) is 38.6 Å². The summed E-state index contributed by atoms with van der Waals surface area (Å²) in [5, 5.41) is 3.03. The third-order valence-electron chi connectivity index (χ3n) is 3.68. The van der Waals surface area contributed by atoms with Gasteiger partial charge < -0.3 is 5.32 Å². The van der Waals surface area contributed by atoms with Crippen LogP contribution in [0.15, 0.2) is 4.99 Å². The van der Waals surface area contributed by atoms with Crippen LogP contribution in [0.25, 0.3) is 0 Å². The van der Waals surface area contributed by atoms with Gasteiger partial charge in [-0.1, -0.05) is 19.8 Å². The van der Waals surface area contributed by atoms with Crippen molar-refractivity contribution in [3.63, 3.8) is 0 Å². The molecule has 2 rings (SSSR count). The summed E-state index contributed by atoms with van der Waals surface area (Å²) in [5.41, 5.74) is 0. The summed E-state index contributed by atoms with van der Waals surface area (Å²) in [4.78, 5) is 6.54. The SMILES string of the molecule is C[C@H]1CCCC[C@@H]1N1CN=C(NS(C)(=O)=O)NC1. The predicted octanol–water partition coefficient (Wildman–Crippen LogP) is 0.291. The number of nitrogens with zero attached hydrogens (tertiary/aromatic N) is 2. The molecule has 0 aromatic carbocycles. The van der Waals surface area contributed by atoms with E-state index in [1.54, 1.807) is 0 Å². The van der Waals surface area contributed by atoms with Crippen LogP contribution in [0.4, 0.5) is 0 Å². The standard InChI is InChI=1S/C11H22N4O2S/c1-9-5-3-4-6-10(9)15-7-12-11(13-8-15)14-18(2,16)17/h9-10H,3-8H2,1-2H3,(H2,12,13,14)/t9-,10-/m0/s1. The topological polar surface area (TPSA) is 73.8 Å². The minimum Gasteiger partial charge on any atom is -0.343 e. The third kappa shape index (κ3) is 3.58. The summed E-state index contributed by atoms with van der Waals surface area (Å²) in [6.07, 6.45) is 6.23. The fourth-order valence-corrected chi connectivity index (χ4v) is 3.24. The second kappa shape index (κ2) is 5.44. The molecule has 1 aliphatic heterocycles. The maximum atomic E-state index is 11.1. The molecule has 0 bridgehead atoms. The highest BCUT2D eigenvalue weighted by Crippen LogP contribution is 2.28. The molecule has 1 heterocycles. The molecule has 0 saturated heterocycles. The fraction of sp³-hybridized carbons (Fsp3) is 0.909. The molecule has 2 atom stereocenters. The van der Waals surface area contributed by atoms with Crippen LogP contribution in [-0.2, 0) is 10.0 Å². The number of hydrogen-bond donors (Lipinski definition) is 2. The maximum Gasteiger partial charge on any atom is 0.232 e. The van der Waals surface area contributed by atoms with Crippen molar-refractivity contribution in [3.8, 4) is 0 Å². The summed E-state index contributed by atoms with van der Waals surface area (Å²) < 4.78 is 24.6. The van der Waals surface area contributed by atoms with Crippen molar-refractivity contribution < 1.29 is 8.42 Å². The number of rotatable bonds is 2. The van der Waals surface area contributed by atoms with E-state index in [-0.39, 0.29) is 0 Å². The fourth-order valence-electron chi connectivity index (χ4n) is 2.75. The second-order valence-corrected chi connectivity index (χ2v) is 7.02. The van der Waals surface area contributed by atoms with Crippen molar-refractivity contribution in [2.75, 3.05) is 19.6 Å². The van der Waals surface area contributed by atoms with Gasteiger partial charge in [0.15, 0.2) is 0 Å². The Bertz CT molecular complexity index is 421. The number of guanidine groups is 1. The average molecular weight is 274 g/mol. The number of hydrogen-bond acceptors (Lipinski definition) is 5. The Kier molecular flexibility index (Phi) is 4.11. The van der Waals surface area contributed by atoms with E-state index in [1.165, 1.54) is 25.7 Å². The lowest BCUT2D eigenvalue weighted by molar-refractivity contribution is 0.106. The molecule has 1 fully saturated rings. The molecule has 0 aromatic heterocycles. The van der Waals surface area contributed by atoms with E-state index >= 15 is 0 Å². The summed E-state index contributed by atoms with van der Waals surface area (Å²) in [5.74, 6) is 1.05. The zero-order chi connectivity index (χ0) is 13.2. The largest absolute Gasteiger partial charge is 0.343 e. The summed E-state index contributed by atoms with van der Waals surface area (Å²) in [6.45, 7) is 3.52. The van der Waals surface area contributed by atoms with Gasteiger partial charge in [0, 0.05) is 6.04 Å². The number of sulfonamides is 1. The Morgan fingerprint density at radius 3 is 2.67 bits per heavy atom. The van der Waals surface area contributed by atoms with E-state index in [2.05, 4.69) is 26.9 Å². The lowest BCUT2D eigenvalue weighted by Gasteiger charge is -2.39. The van der Waals surface area contributed by atoms with Crippen LogP contribution in [0.1, 0.15) is 32.6 Å². The quantitative estimate of drug-likeness (QED) is 0.759. The zero-order valence-electron chi connectivity index (χ0n) is 11.0. The molecule has 0 aromatic rings. The van der Waals surface area contributed by atoms with Crippen LogP contribution in [0.2, 0.25) is 0 Å². The monoisotopic (exact) mass is 274 g/mol. The maximum absolute atomic E-state index is 11.1. The van der Waals surface area contributed by atoms with Crippen LogP contribution < -0.4 is 10.0 Å². The van der Waals surface area contributed by atoms with E-state index in [0.717, 1.165) is 6.26 Å². The summed E-state index contributed by atoms with van der Waals surface area (Å²) >= 11 is 0. The molecule has 2 N–H and O–H groups in total. The molecule has 7 heteroatoms. The van der Waals surface area contributed by atoms with Gasteiger partial charge in [0.1, 0.15) is 0 Å². The van der Waals surface area contributed by atoms with E-state index in [0.29, 0.717) is 31.3 Å². The minimum atomic E-state index is -3.24. The van der Waals surface area contributed by atoms with Crippen molar-refractivity contribution in [1.82, 2.24) is 14.9 Å².